The summed E-state index contributed by atoms with van der Waals surface area (Å²) >= 11 is 0. The summed E-state index contributed by atoms with van der Waals surface area (Å²) in [6.07, 6.45) is 4.04. The predicted molar refractivity (Wildman–Crippen MR) is 107 cm³/mol. The Hall–Kier alpha value is -2.67. The summed E-state index contributed by atoms with van der Waals surface area (Å²) in [5.41, 5.74) is 3.41. The highest BCUT2D eigenvalue weighted by atomic mass is 19.1. The molecule has 3 aromatic rings. The summed E-state index contributed by atoms with van der Waals surface area (Å²) < 4.78 is 20.8. The number of hydrogen-bond donors (Lipinski definition) is 0. The van der Waals surface area contributed by atoms with E-state index in [1.165, 1.54) is 12.1 Å². The Kier molecular flexibility index (Phi) is 4.62. The van der Waals surface area contributed by atoms with Crippen LogP contribution in [0.15, 0.2) is 35.0 Å². The summed E-state index contributed by atoms with van der Waals surface area (Å²) in [6.45, 7) is 7.27. The molecule has 5 rings (SSSR count). The van der Waals surface area contributed by atoms with Crippen LogP contribution in [0.25, 0.3) is 11.0 Å². The Bertz CT molecular complexity index is 1050. The smallest absolute Gasteiger partial charge is 0.270 e. The second-order valence-electron chi connectivity index (χ2n) is 8.21. The molecule has 1 aromatic carbocycles. The Morgan fingerprint density at radius 3 is 2.79 bits per heavy atom. The second-order valence-corrected chi connectivity index (χ2v) is 8.21. The van der Waals surface area contributed by atoms with Gasteiger partial charge in [-0.1, -0.05) is 5.16 Å². The fourth-order valence-electron chi connectivity index (χ4n) is 4.64. The van der Waals surface area contributed by atoms with Gasteiger partial charge in [-0.05, 0) is 56.6 Å². The van der Waals surface area contributed by atoms with E-state index in [1.807, 2.05) is 17.9 Å². The third kappa shape index (κ3) is 3.44. The van der Waals surface area contributed by atoms with E-state index in [1.54, 1.807) is 6.07 Å². The molecule has 1 fully saturated rings. The van der Waals surface area contributed by atoms with Crippen molar-refractivity contribution in [2.75, 3.05) is 32.7 Å². The molecular formula is C22H25FN4O2. The fourth-order valence-corrected chi connectivity index (χ4v) is 4.64. The lowest BCUT2D eigenvalue weighted by Crippen LogP contribution is -2.45. The minimum absolute atomic E-state index is 0.139. The molecule has 1 saturated heterocycles. The molecule has 0 bridgehead atoms. The molecular weight excluding hydrogens is 371 g/mol. The van der Waals surface area contributed by atoms with Gasteiger partial charge in [0.2, 0.25) is 0 Å². The number of rotatable bonds is 4. The Morgan fingerprint density at radius 1 is 1.14 bits per heavy atom. The van der Waals surface area contributed by atoms with Crippen molar-refractivity contribution in [2.24, 2.45) is 0 Å². The number of piperidine rings is 1. The zero-order valence-corrected chi connectivity index (χ0v) is 16.6. The van der Waals surface area contributed by atoms with Crippen molar-refractivity contribution in [3.05, 3.63) is 53.2 Å². The Balaban J connectivity index is 1.17. The van der Waals surface area contributed by atoms with Crippen LogP contribution in [-0.4, -0.2) is 58.2 Å². The quantitative estimate of drug-likeness (QED) is 0.678. The molecule has 0 unspecified atom stereocenters. The van der Waals surface area contributed by atoms with Crippen LogP contribution < -0.4 is 0 Å². The van der Waals surface area contributed by atoms with E-state index in [0.717, 1.165) is 74.4 Å². The highest BCUT2D eigenvalue weighted by Gasteiger charge is 2.28. The molecule has 0 spiro atoms. The summed E-state index contributed by atoms with van der Waals surface area (Å²) in [5, 5.41) is 5.14. The van der Waals surface area contributed by atoms with Gasteiger partial charge in [-0.2, -0.15) is 0 Å². The molecule has 0 N–H and O–H groups in total. The van der Waals surface area contributed by atoms with E-state index >= 15 is 0 Å². The number of amides is 1. The van der Waals surface area contributed by atoms with E-state index < -0.39 is 0 Å². The molecule has 2 aliphatic heterocycles. The third-order valence-electron chi connectivity index (χ3n) is 6.27. The minimum Gasteiger partial charge on any atom is -0.356 e. The topological polar surface area (TPSA) is 54.5 Å². The van der Waals surface area contributed by atoms with Gasteiger partial charge in [-0.25, -0.2) is 4.39 Å². The molecule has 0 atom stereocenters. The van der Waals surface area contributed by atoms with Crippen molar-refractivity contribution in [3.63, 3.8) is 0 Å². The number of aromatic nitrogens is 2. The van der Waals surface area contributed by atoms with E-state index in [4.69, 9.17) is 4.52 Å². The summed E-state index contributed by atoms with van der Waals surface area (Å²) in [5.74, 6) is 0.172. The molecule has 0 radical (unpaired) electrons. The maximum Gasteiger partial charge on any atom is 0.270 e. The number of nitrogens with zero attached hydrogens (tertiary/aromatic N) is 4. The average molecular weight is 396 g/mol. The molecule has 152 valence electrons. The molecule has 29 heavy (non-hydrogen) atoms. The van der Waals surface area contributed by atoms with Crippen LogP contribution in [-0.2, 0) is 6.54 Å². The highest BCUT2D eigenvalue weighted by molar-refractivity contribution is 5.93. The molecule has 6 nitrogen and oxygen atoms in total. The Labute approximate surface area is 168 Å². The number of benzene rings is 1. The van der Waals surface area contributed by atoms with Gasteiger partial charge < -0.3 is 18.9 Å². The van der Waals surface area contributed by atoms with Crippen molar-refractivity contribution in [1.82, 2.24) is 19.5 Å². The van der Waals surface area contributed by atoms with Crippen LogP contribution in [0.3, 0.4) is 0 Å². The van der Waals surface area contributed by atoms with Gasteiger partial charge in [0.05, 0.1) is 5.69 Å². The van der Waals surface area contributed by atoms with Crippen molar-refractivity contribution >= 4 is 16.9 Å². The molecule has 1 amide bonds. The molecule has 7 heteroatoms. The number of carbonyl (C=O) groups excluding carboxylic acids is 1. The van der Waals surface area contributed by atoms with Crippen molar-refractivity contribution in [3.8, 4) is 0 Å². The van der Waals surface area contributed by atoms with Gasteiger partial charge in [0.25, 0.3) is 5.91 Å². The van der Waals surface area contributed by atoms with Gasteiger partial charge in [-0.3, -0.25) is 4.79 Å². The van der Waals surface area contributed by atoms with Crippen LogP contribution in [0.5, 0.6) is 0 Å². The molecule has 2 aromatic heterocycles. The van der Waals surface area contributed by atoms with Crippen LogP contribution in [0, 0.1) is 12.7 Å². The molecule has 0 saturated carbocycles. The Morgan fingerprint density at radius 2 is 1.97 bits per heavy atom. The lowest BCUT2D eigenvalue weighted by Gasteiger charge is -2.34. The zero-order chi connectivity index (χ0) is 20.0. The third-order valence-corrected chi connectivity index (χ3v) is 6.27. The van der Waals surface area contributed by atoms with E-state index in [-0.39, 0.29) is 11.7 Å². The minimum atomic E-state index is -0.301. The van der Waals surface area contributed by atoms with Crippen molar-refractivity contribution in [2.45, 2.75) is 32.2 Å². The second kappa shape index (κ2) is 7.30. The van der Waals surface area contributed by atoms with Gasteiger partial charge in [0, 0.05) is 49.7 Å². The average Bonchev–Trinajstić information content (AvgIpc) is 3.31. The first-order valence-corrected chi connectivity index (χ1v) is 10.3. The lowest BCUT2D eigenvalue weighted by atomic mass is 9.91. The van der Waals surface area contributed by atoms with Gasteiger partial charge in [0.15, 0.2) is 5.58 Å². The van der Waals surface area contributed by atoms with E-state index in [0.29, 0.717) is 11.5 Å². The SMILES string of the molecule is Cc1cc2n(c1)CCN(CCN1CCC(c3noc4cc(F)ccc34)CC1)C2=O. The van der Waals surface area contributed by atoms with Gasteiger partial charge in [-0.15, -0.1) is 0 Å². The molecule has 2 aliphatic rings. The van der Waals surface area contributed by atoms with E-state index in [9.17, 15) is 9.18 Å². The molecule has 4 heterocycles. The standard InChI is InChI=1S/C22H25FN4O2/c1-15-12-19-22(28)26(10-11-27(19)14-15)9-8-25-6-4-16(5-7-25)21-18-3-2-17(23)13-20(18)29-24-21/h2-3,12-14,16H,4-11H2,1H3. The summed E-state index contributed by atoms with van der Waals surface area (Å²) in [7, 11) is 0. The summed E-state index contributed by atoms with van der Waals surface area (Å²) in [6, 6.07) is 6.61. The number of carbonyl (C=O) groups is 1. The number of hydrogen-bond acceptors (Lipinski definition) is 4. The first kappa shape index (κ1) is 18.4. The normalized spacial score (nSPS) is 18.6. The van der Waals surface area contributed by atoms with Crippen LogP contribution in [0.4, 0.5) is 4.39 Å². The van der Waals surface area contributed by atoms with E-state index in [2.05, 4.69) is 20.8 Å². The number of halogens is 1. The van der Waals surface area contributed by atoms with Crippen LogP contribution in [0.2, 0.25) is 0 Å². The van der Waals surface area contributed by atoms with Gasteiger partial charge in [0.1, 0.15) is 11.5 Å². The zero-order valence-electron chi connectivity index (χ0n) is 16.6. The highest BCUT2D eigenvalue weighted by Crippen LogP contribution is 2.32. The fraction of sp³-hybridized carbons (Fsp3) is 0.455. The van der Waals surface area contributed by atoms with Crippen molar-refractivity contribution in [1.29, 1.82) is 0 Å². The maximum absolute atomic E-state index is 13.4. The largest absolute Gasteiger partial charge is 0.356 e. The number of likely N-dealkylation sites (tertiary alicyclic amines) is 1. The summed E-state index contributed by atoms with van der Waals surface area (Å²) in [4.78, 5) is 17.1. The van der Waals surface area contributed by atoms with Crippen LogP contribution >= 0.6 is 0 Å². The number of fused-ring (bicyclic) bond motifs is 2. The number of aryl methyl sites for hydroxylation is 1. The van der Waals surface area contributed by atoms with Gasteiger partial charge >= 0.3 is 0 Å². The van der Waals surface area contributed by atoms with Crippen LogP contribution in [0.1, 0.15) is 40.5 Å². The maximum atomic E-state index is 13.4. The predicted octanol–water partition coefficient (Wildman–Crippen LogP) is 3.41. The molecule has 0 aliphatic carbocycles. The van der Waals surface area contributed by atoms with Crippen molar-refractivity contribution < 1.29 is 13.7 Å². The first-order chi connectivity index (χ1) is 14.1. The first-order valence-electron chi connectivity index (χ1n) is 10.3. The monoisotopic (exact) mass is 396 g/mol. The lowest BCUT2D eigenvalue weighted by molar-refractivity contribution is 0.0674.